The SMILES string of the molecule is CCCCCCCOOc1c(O)c(C(=O)O)c(CCCCCC)c(CCCCCC)c1CCCCCC. The molecule has 1 rings (SSSR count). The van der Waals surface area contributed by atoms with Crippen molar-refractivity contribution in [1.29, 1.82) is 0 Å². The van der Waals surface area contributed by atoms with E-state index in [2.05, 4.69) is 27.7 Å². The van der Waals surface area contributed by atoms with E-state index in [9.17, 15) is 15.0 Å². The molecule has 0 radical (unpaired) electrons. The molecule has 0 fully saturated rings. The van der Waals surface area contributed by atoms with Gasteiger partial charge in [0.1, 0.15) is 5.56 Å². The first-order valence-corrected chi connectivity index (χ1v) is 15.4. The minimum Gasteiger partial charge on any atom is -0.504 e. The van der Waals surface area contributed by atoms with E-state index in [1.54, 1.807) is 0 Å². The second-order valence-corrected chi connectivity index (χ2v) is 10.5. The Hall–Kier alpha value is -1.75. The fraction of sp³-hybridized carbons (Fsp3) is 0.781. The van der Waals surface area contributed by atoms with Crippen molar-refractivity contribution in [3.8, 4) is 11.5 Å². The van der Waals surface area contributed by atoms with Gasteiger partial charge in [-0.2, -0.15) is 4.89 Å². The summed E-state index contributed by atoms with van der Waals surface area (Å²) in [6.07, 6.45) is 21.0. The number of hydrogen-bond acceptors (Lipinski definition) is 4. The van der Waals surface area contributed by atoms with Gasteiger partial charge in [-0.25, -0.2) is 4.79 Å². The molecule has 1 aromatic rings. The van der Waals surface area contributed by atoms with Gasteiger partial charge in [-0.15, -0.1) is 0 Å². The molecule has 0 amide bonds. The minimum atomic E-state index is -1.08. The van der Waals surface area contributed by atoms with E-state index >= 15 is 0 Å². The van der Waals surface area contributed by atoms with Crippen LogP contribution in [0.25, 0.3) is 0 Å². The molecular weight excluding hydrogens is 464 g/mol. The van der Waals surface area contributed by atoms with Crippen LogP contribution in [0.2, 0.25) is 0 Å². The lowest BCUT2D eigenvalue weighted by molar-refractivity contribution is -0.208. The number of hydrogen-bond donors (Lipinski definition) is 2. The summed E-state index contributed by atoms with van der Waals surface area (Å²) in [7, 11) is 0. The van der Waals surface area contributed by atoms with Gasteiger partial charge in [0, 0.05) is 5.56 Å². The molecule has 5 heteroatoms. The van der Waals surface area contributed by atoms with Gasteiger partial charge in [-0.05, 0) is 56.1 Å². The third-order valence-electron chi connectivity index (χ3n) is 7.28. The molecule has 37 heavy (non-hydrogen) atoms. The van der Waals surface area contributed by atoms with E-state index in [4.69, 9.17) is 9.78 Å². The molecule has 0 atom stereocenters. The highest BCUT2D eigenvalue weighted by atomic mass is 17.2. The lowest BCUT2D eigenvalue weighted by Gasteiger charge is -2.22. The molecule has 0 spiro atoms. The van der Waals surface area contributed by atoms with Crippen LogP contribution < -0.4 is 4.89 Å². The summed E-state index contributed by atoms with van der Waals surface area (Å²) < 4.78 is 0. The summed E-state index contributed by atoms with van der Waals surface area (Å²) in [5.74, 6) is -1.10. The lowest BCUT2D eigenvalue weighted by Crippen LogP contribution is -2.14. The average molecular weight is 521 g/mol. The zero-order valence-corrected chi connectivity index (χ0v) is 24.5. The predicted molar refractivity (Wildman–Crippen MR) is 154 cm³/mol. The molecule has 2 N–H and O–H groups in total. The molecule has 5 nitrogen and oxygen atoms in total. The molecule has 0 aliphatic heterocycles. The smallest absolute Gasteiger partial charge is 0.339 e. The van der Waals surface area contributed by atoms with Crippen LogP contribution in [0.4, 0.5) is 0 Å². The Morgan fingerprint density at radius 2 is 1.03 bits per heavy atom. The van der Waals surface area contributed by atoms with Gasteiger partial charge in [-0.3, -0.25) is 0 Å². The van der Waals surface area contributed by atoms with E-state index in [-0.39, 0.29) is 17.1 Å². The van der Waals surface area contributed by atoms with Crippen molar-refractivity contribution in [1.82, 2.24) is 0 Å². The quantitative estimate of drug-likeness (QED) is 0.0806. The highest BCUT2D eigenvalue weighted by Crippen LogP contribution is 2.42. The van der Waals surface area contributed by atoms with E-state index in [1.165, 1.54) is 32.1 Å². The summed E-state index contributed by atoms with van der Waals surface area (Å²) in [4.78, 5) is 23.8. The van der Waals surface area contributed by atoms with Crippen LogP contribution in [0.5, 0.6) is 11.5 Å². The first kappa shape index (κ1) is 33.3. The Bertz CT molecular complexity index is 743. The van der Waals surface area contributed by atoms with Crippen molar-refractivity contribution in [2.45, 2.75) is 156 Å². The third-order valence-corrected chi connectivity index (χ3v) is 7.28. The maximum atomic E-state index is 12.4. The fourth-order valence-corrected chi connectivity index (χ4v) is 5.08. The molecule has 1 aromatic carbocycles. The van der Waals surface area contributed by atoms with E-state index in [1.807, 2.05) is 0 Å². The zero-order chi connectivity index (χ0) is 27.3. The molecule has 0 bridgehead atoms. The van der Waals surface area contributed by atoms with Crippen molar-refractivity contribution in [3.63, 3.8) is 0 Å². The first-order valence-electron chi connectivity index (χ1n) is 15.4. The van der Waals surface area contributed by atoms with Crippen molar-refractivity contribution >= 4 is 5.97 Å². The van der Waals surface area contributed by atoms with Gasteiger partial charge in [-0.1, -0.05) is 111 Å². The number of carboxylic acids is 1. The molecule has 0 aliphatic rings. The highest BCUT2D eigenvalue weighted by molar-refractivity contribution is 5.94. The van der Waals surface area contributed by atoms with Gasteiger partial charge in [0.25, 0.3) is 0 Å². The minimum absolute atomic E-state index is 0.0147. The van der Waals surface area contributed by atoms with Crippen molar-refractivity contribution in [3.05, 3.63) is 22.3 Å². The van der Waals surface area contributed by atoms with Gasteiger partial charge >= 0.3 is 5.97 Å². The van der Waals surface area contributed by atoms with Crippen molar-refractivity contribution < 1.29 is 24.8 Å². The summed E-state index contributed by atoms with van der Waals surface area (Å²) in [6.45, 7) is 9.21. The number of carbonyl (C=O) groups is 1. The molecular formula is C32H56O5. The lowest BCUT2D eigenvalue weighted by atomic mass is 9.85. The van der Waals surface area contributed by atoms with E-state index < -0.39 is 5.97 Å². The van der Waals surface area contributed by atoms with Crippen LogP contribution in [-0.4, -0.2) is 22.8 Å². The molecule has 0 saturated heterocycles. The summed E-state index contributed by atoms with van der Waals surface area (Å²) in [5.41, 5.74) is 2.88. The molecule has 214 valence electrons. The Morgan fingerprint density at radius 1 is 0.595 bits per heavy atom. The Balaban J connectivity index is 3.36. The van der Waals surface area contributed by atoms with E-state index in [0.717, 1.165) is 107 Å². The molecule has 0 saturated carbocycles. The number of aromatic hydroxyl groups is 1. The Labute approximate surface area is 227 Å². The standard InChI is InChI=1S/C32H56O5/c1-5-9-13-17-21-25-36-37-31-28(24-20-16-12-8-4)26(22-18-14-10-6-2)27(23-19-15-11-7-3)29(30(31)33)32(34)35/h33H,5-25H2,1-4H3,(H,34,35). The largest absolute Gasteiger partial charge is 0.504 e. The van der Waals surface area contributed by atoms with Gasteiger partial charge in [0.2, 0.25) is 5.75 Å². The van der Waals surface area contributed by atoms with Crippen LogP contribution in [0.15, 0.2) is 0 Å². The monoisotopic (exact) mass is 520 g/mol. The highest BCUT2D eigenvalue weighted by Gasteiger charge is 2.28. The van der Waals surface area contributed by atoms with Crippen LogP contribution in [0.3, 0.4) is 0 Å². The topological polar surface area (TPSA) is 76.0 Å². The molecule has 0 aliphatic carbocycles. The number of benzene rings is 1. The zero-order valence-electron chi connectivity index (χ0n) is 24.5. The number of phenols is 1. The van der Waals surface area contributed by atoms with E-state index in [0.29, 0.717) is 13.0 Å². The van der Waals surface area contributed by atoms with Crippen LogP contribution in [-0.2, 0) is 24.2 Å². The predicted octanol–water partition coefficient (Wildman–Crippen LogP) is 9.74. The normalized spacial score (nSPS) is 11.2. The van der Waals surface area contributed by atoms with Gasteiger partial charge < -0.3 is 15.1 Å². The number of rotatable bonds is 24. The summed E-state index contributed by atoms with van der Waals surface area (Å²) in [6, 6.07) is 0. The van der Waals surface area contributed by atoms with Gasteiger partial charge in [0.05, 0.1) is 6.61 Å². The maximum Gasteiger partial charge on any atom is 0.339 e. The molecule has 0 unspecified atom stereocenters. The second kappa shape index (κ2) is 21.2. The number of carboxylic acid groups (broad SMARTS) is 1. The first-order chi connectivity index (χ1) is 18.0. The van der Waals surface area contributed by atoms with Crippen molar-refractivity contribution in [2.75, 3.05) is 6.61 Å². The van der Waals surface area contributed by atoms with Crippen LogP contribution in [0, 0.1) is 0 Å². The number of aromatic carboxylic acids is 1. The number of unbranched alkanes of at least 4 members (excludes halogenated alkanes) is 13. The maximum absolute atomic E-state index is 12.4. The molecule has 0 heterocycles. The van der Waals surface area contributed by atoms with Crippen LogP contribution >= 0.6 is 0 Å². The average Bonchev–Trinajstić information content (AvgIpc) is 2.88. The van der Waals surface area contributed by atoms with Gasteiger partial charge in [0.15, 0.2) is 5.75 Å². The molecule has 0 aromatic heterocycles. The fourth-order valence-electron chi connectivity index (χ4n) is 5.08. The second-order valence-electron chi connectivity index (χ2n) is 10.5. The van der Waals surface area contributed by atoms with Crippen molar-refractivity contribution in [2.24, 2.45) is 0 Å². The summed E-state index contributed by atoms with van der Waals surface area (Å²) >= 11 is 0. The Morgan fingerprint density at radius 3 is 1.51 bits per heavy atom. The summed E-state index contributed by atoms with van der Waals surface area (Å²) in [5, 5.41) is 21.4. The van der Waals surface area contributed by atoms with Crippen LogP contribution in [0.1, 0.15) is 164 Å². The Kier molecular flexibility index (Phi) is 19.1. The third kappa shape index (κ3) is 12.6.